The Morgan fingerprint density at radius 3 is 2.41 bits per heavy atom. The number of aromatic nitrogens is 1. The monoisotopic (exact) mass is 510 g/mol. The number of aliphatic hydroxyl groups excluding tert-OH is 1. The minimum atomic E-state index is -0.823. The first-order valence-corrected chi connectivity index (χ1v) is 12.1. The summed E-state index contributed by atoms with van der Waals surface area (Å²) in [5.74, 6) is -1.12. The lowest BCUT2D eigenvalue weighted by atomic mass is 9.95. The molecule has 0 aliphatic carbocycles. The number of rotatable bonds is 7. The first kappa shape index (κ1) is 24.3. The molecule has 6 nitrogen and oxygen atoms in total. The molecule has 7 heteroatoms. The number of nitrogens with zero attached hydrogens (tertiary/aromatic N) is 2. The van der Waals surface area contributed by atoms with Crippen molar-refractivity contribution in [1.82, 2.24) is 9.88 Å². The molecule has 1 unspecified atom stereocenters. The molecule has 5 rings (SSSR count). The molecule has 1 atom stereocenters. The minimum Gasteiger partial charge on any atom is -0.507 e. The van der Waals surface area contributed by atoms with Crippen molar-refractivity contribution in [3.05, 3.63) is 136 Å². The average Bonchev–Trinajstić information content (AvgIpc) is 3.18. The predicted molar refractivity (Wildman–Crippen MR) is 141 cm³/mol. The molecule has 0 saturated carbocycles. The number of hydrogen-bond donors (Lipinski definition) is 1. The molecule has 184 valence electrons. The van der Waals surface area contributed by atoms with Crippen LogP contribution in [0, 0.1) is 0 Å². The van der Waals surface area contributed by atoms with Crippen molar-refractivity contribution in [2.45, 2.75) is 19.2 Å². The van der Waals surface area contributed by atoms with Crippen molar-refractivity contribution in [3.63, 3.8) is 0 Å². The van der Waals surface area contributed by atoms with Crippen molar-refractivity contribution in [2.75, 3.05) is 0 Å². The van der Waals surface area contributed by atoms with Gasteiger partial charge in [-0.15, -0.1) is 0 Å². The largest absolute Gasteiger partial charge is 0.507 e. The van der Waals surface area contributed by atoms with Crippen LogP contribution in [0.15, 0.2) is 109 Å². The number of pyridine rings is 1. The Hall–Kier alpha value is -4.42. The SMILES string of the molecule is O=C1C(=O)N(Cc2cccnc2)C(c2cccc(OCc3ccccc3)c2)C1=C(O)c1ccc(Cl)cc1. The molecule has 0 spiro atoms. The lowest BCUT2D eigenvalue weighted by molar-refractivity contribution is -0.140. The van der Waals surface area contributed by atoms with Gasteiger partial charge in [0.2, 0.25) is 0 Å². The smallest absolute Gasteiger partial charge is 0.295 e. The summed E-state index contributed by atoms with van der Waals surface area (Å²) in [6.45, 7) is 0.514. The molecule has 0 bridgehead atoms. The fourth-order valence-corrected chi connectivity index (χ4v) is 4.48. The number of aliphatic hydroxyl groups is 1. The van der Waals surface area contributed by atoms with Gasteiger partial charge >= 0.3 is 0 Å². The molecule has 4 aromatic rings. The molecule has 1 saturated heterocycles. The first-order chi connectivity index (χ1) is 18.0. The molecular formula is C30H23ClN2O4. The lowest BCUT2D eigenvalue weighted by Crippen LogP contribution is -2.29. The number of amides is 1. The topological polar surface area (TPSA) is 79.7 Å². The van der Waals surface area contributed by atoms with Crippen LogP contribution in [0.4, 0.5) is 0 Å². The lowest BCUT2D eigenvalue weighted by Gasteiger charge is -2.25. The van der Waals surface area contributed by atoms with Crippen LogP contribution in [0.3, 0.4) is 0 Å². The maximum absolute atomic E-state index is 13.3. The number of ether oxygens (including phenoxy) is 1. The number of halogens is 1. The highest BCUT2D eigenvalue weighted by Crippen LogP contribution is 2.41. The van der Waals surface area contributed by atoms with Crippen LogP contribution in [0.5, 0.6) is 5.75 Å². The predicted octanol–water partition coefficient (Wildman–Crippen LogP) is 5.94. The fourth-order valence-electron chi connectivity index (χ4n) is 4.36. The van der Waals surface area contributed by atoms with Gasteiger partial charge < -0.3 is 14.7 Å². The van der Waals surface area contributed by atoms with Crippen LogP contribution in [0.1, 0.15) is 28.3 Å². The highest BCUT2D eigenvalue weighted by atomic mass is 35.5. The van der Waals surface area contributed by atoms with Crippen LogP contribution in [0.2, 0.25) is 5.02 Å². The summed E-state index contributed by atoms with van der Waals surface area (Å²) >= 11 is 6.01. The van der Waals surface area contributed by atoms with E-state index < -0.39 is 17.7 Å². The average molecular weight is 511 g/mol. The number of carbonyl (C=O) groups excluding carboxylic acids is 2. The van der Waals surface area contributed by atoms with E-state index in [1.165, 1.54) is 4.90 Å². The van der Waals surface area contributed by atoms with Gasteiger partial charge in [-0.05, 0) is 59.2 Å². The zero-order valence-electron chi connectivity index (χ0n) is 19.8. The van der Waals surface area contributed by atoms with E-state index in [0.717, 1.165) is 11.1 Å². The first-order valence-electron chi connectivity index (χ1n) is 11.7. The number of likely N-dealkylation sites (tertiary alicyclic amines) is 1. The summed E-state index contributed by atoms with van der Waals surface area (Å²) in [5.41, 5.74) is 2.82. The van der Waals surface area contributed by atoms with Gasteiger partial charge in [0.25, 0.3) is 11.7 Å². The Kier molecular flexibility index (Phi) is 7.01. The Balaban J connectivity index is 1.56. The van der Waals surface area contributed by atoms with Crippen LogP contribution in [-0.4, -0.2) is 26.7 Å². The summed E-state index contributed by atoms with van der Waals surface area (Å²) in [5, 5.41) is 11.7. The summed E-state index contributed by atoms with van der Waals surface area (Å²) < 4.78 is 6.00. The molecule has 3 aromatic carbocycles. The van der Waals surface area contributed by atoms with Gasteiger partial charge in [-0.25, -0.2) is 0 Å². The second-order valence-electron chi connectivity index (χ2n) is 8.64. The number of ketones is 1. The highest BCUT2D eigenvalue weighted by Gasteiger charge is 2.46. The van der Waals surface area contributed by atoms with E-state index in [9.17, 15) is 14.7 Å². The quantitative estimate of drug-likeness (QED) is 0.189. The molecule has 1 amide bonds. The van der Waals surface area contributed by atoms with E-state index >= 15 is 0 Å². The molecule has 37 heavy (non-hydrogen) atoms. The van der Waals surface area contributed by atoms with Gasteiger partial charge in [0.1, 0.15) is 18.1 Å². The maximum Gasteiger partial charge on any atom is 0.295 e. The Morgan fingerprint density at radius 2 is 1.68 bits per heavy atom. The van der Waals surface area contributed by atoms with Crippen molar-refractivity contribution in [2.24, 2.45) is 0 Å². The molecule has 1 aromatic heterocycles. The number of carbonyl (C=O) groups is 2. The molecule has 1 N–H and O–H groups in total. The van der Waals surface area contributed by atoms with E-state index in [1.807, 2.05) is 54.6 Å². The molecule has 1 aliphatic heterocycles. The molecule has 2 heterocycles. The summed E-state index contributed by atoms with van der Waals surface area (Å²) in [6.07, 6.45) is 3.29. The van der Waals surface area contributed by atoms with E-state index in [0.29, 0.717) is 28.5 Å². The zero-order chi connectivity index (χ0) is 25.8. The molecular weight excluding hydrogens is 488 g/mol. The van der Waals surface area contributed by atoms with E-state index in [1.54, 1.807) is 48.8 Å². The Bertz CT molecular complexity index is 1450. The maximum atomic E-state index is 13.3. The summed E-state index contributed by atoms with van der Waals surface area (Å²) in [6, 6.07) is 26.3. The normalized spacial score (nSPS) is 16.7. The van der Waals surface area contributed by atoms with Crippen molar-refractivity contribution in [1.29, 1.82) is 0 Å². The van der Waals surface area contributed by atoms with Crippen LogP contribution < -0.4 is 4.74 Å². The van der Waals surface area contributed by atoms with Crippen molar-refractivity contribution >= 4 is 29.1 Å². The molecule has 0 radical (unpaired) electrons. The van der Waals surface area contributed by atoms with Crippen LogP contribution >= 0.6 is 11.6 Å². The Morgan fingerprint density at radius 1 is 0.919 bits per heavy atom. The van der Waals surface area contributed by atoms with Gasteiger partial charge in [-0.1, -0.05) is 60.1 Å². The van der Waals surface area contributed by atoms with Crippen LogP contribution in [-0.2, 0) is 22.7 Å². The summed E-state index contributed by atoms with van der Waals surface area (Å²) in [4.78, 5) is 32.1. The third kappa shape index (κ3) is 5.25. The highest BCUT2D eigenvalue weighted by molar-refractivity contribution is 6.46. The van der Waals surface area contributed by atoms with Crippen LogP contribution in [0.25, 0.3) is 5.76 Å². The van der Waals surface area contributed by atoms with Crippen molar-refractivity contribution in [3.8, 4) is 5.75 Å². The van der Waals surface area contributed by atoms with E-state index in [-0.39, 0.29) is 17.9 Å². The minimum absolute atomic E-state index is 0.0106. The number of hydrogen-bond acceptors (Lipinski definition) is 5. The number of benzene rings is 3. The Labute approximate surface area is 219 Å². The van der Waals surface area contributed by atoms with E-state index in [4.69, 9.17) is 16.3 Å². The van der Waals surface area contributed by atoms with Crippen molar-refractivity contribution < 1.29 is 19.4 Å². The van der Waals surface area contributed by atoms with Gasteiger partial charge in [0.15, 0.2) is 0 Å². The molecule has 1 aliphatic rings. The second-order valence-corrected chi connectivity index (χ2v) is 9.08. The van der Waals surface area contributed by atoms with E-state index in [2.05, 4.69) is 4.98 Å². The number of Topliss-reactive ketones (excluding diaryl/α,β-unsaturated/α-hetero) is 1. The third-order valence-electron chi connectivity index (χ3n) is 6.16. The fraction of sp³-hybridized carbons (Fsp3) is 0.100. The third-order valence-corrected chi connectivity index (χ3v) is 6.41. The van der Waals surface area contributed by atoms with Gasteiger partial charge in [-0.2, -0.15) is 0 Å². The van der Waals surface area contributed by atoms with Gasteiger partial charge in [0.05, 0.1) is 11.6 Å². The summed E-state index contributed by atoms with van der Waals surface area (Å²) in [7, 11) is 0. The van der Waals surface area contributed by atoms with Gasteiger partial charge in [0, 0.05) is 29.5 Å². The molecule has 1 fully saturated rings. The zero-order valence-corrected chi connectivity index (χ0v) is 20.5. The second kappa shape index (κ2) is 10.7. The standard InChI is InChI=1S/C30H23ClN2O4/c31-24-13-11-22(12-14-24)28(34)26-27(33(30(36)29(26)35)18-21-8-5-15-32-17-21)23-9-4-10-25(16-23)37-19-20-6-2-1-3-7-20/h1-17,27,34H,18-19H2. The van der Waals surface area contributed by atoms with Gasteiger partial charge in [-0.3, -0.25) is 14.6 Å².